The van der Waals surface area contributed by atoms with E-state index in [9.17, 15) is 14.4 Å². The third-order valence-corrected chi connectivity index (χ3v) is 13.5. The van der Waals surface area contributed by atoms with Crippen LogP contribution in [0.5, 0.6) is 0 Å². The molecule has 0 N–H and O–H groups in total. The fourth-order valence-electron chi connectivity index (χ4n) is 8.91. The van der Waals surface area contributed by atoms with Crippen LogP contribution in [0, 0.1) is 0 Å². The number of carbonyl (C=O) groups is 3. The molecule has 412 valence electrons. The number of esters is 3. The monoisotopic (exact) mass is 993 g/mol. The predicted molar refractivity (Wildman–Crippen MR) is 307 cm³/mol. The summed E-state index contributed by atoms with van der Waals surface area (Å²) in [6, 6.07) is 0. The number of hydrogen-bond acceptors (Lipinski definition) is 6. The fourth-order valence-corrected chi connectivity index (χ4v) is 8.91. The van der Waals surface area contributed by atoms with Crippen molar-refractivity contribution in [2.24, 2.45) is 0 Å². The first-order valence-corrected chi connectivity index (χ1v) is 30.8. The molecule has 0 bridgehead atoms. The number of hydrogen-bond donors (Lipinski definition) is 0. The van der Waals surface area contributed by atoms with Crippen LogP contribution in [0.3, 0.4) is 0 Å². The SMILES string of the molecule is CC/C=C\C/C=C\C/C=C\C/C=C\CCCCCCCCCCCCCCCCC(=O)OCC(COC(=O)CCCCCCC/C=C\CCC)OC(=O)CCCCCCCCCCCCCCCCCC. The highest BCUT2D eigenvalue weighted by Crippen LogP contribution is 2.17. The summed E-state index contributed by atoms with van der Waals surface area (Å²) in [6.07, 6.45) is 75.2. The number of carbonyl (C=O) groups excluding carboxylic acids is 3. The van der Waals surface area contributed by atoms with E-state index in [1.807, 2.05) is 0 Å². The largest absolute Gasteiger partial charge is 0.462 e. The van der Waals surface area contributed by atoms with Gasteiger partial charge in [-0.05, 0) is 77.0 Å². The van der Waals surface area contributed by atoms with Crippen molar-refractivity contribution in [3.63, 3.8) is 0 Å². The summed E-state index contributed by atoms with van der Waals surface area (Å²) < 4.78 is 16.9. The second-order valence-corrected chi connectivity index (χ2v) is 20.6. The van der Waals surface area contributed by atoms with Gasteiger partial charge in [0, 0.05) is 19.3 Å². The Morgan fingerprint density at radius 2 is 0.577 bits per heavy atom. The van der Waals surface area contributed by atoms with Gasteiger partial charge in [-0.25, -0.2) is 0 Å². The summed E-state index contributed by atoms with van der Waals surface area (Å²) in [5, 5.41) is 0. The highest BCUT2D eigenvalue weighted by atomic mass is 16.6. The molecular weight excluding hydrogens is 877 g/mol. The summed E-state index contributed by atoms with van der Waals surface area (Å²) in [5.41, 5.74) is 0. The van der Waals surface area contributed by atoms with E-state index in [0.29, 0.717) is 19.3 Å². The molecule has 0 aliphatic rings. The van der Waals surface area contributed by atoms with Crippen LogP contribution in [-0.4, -0.2) is 37.2 Å². The van der Waals surface area contributed by atoms with E-state index in [2.05, 4.69) is 81.5 Å². The lowest BCUT2D eigenvalue weighted by atomic mass is 10.0. The van der Waals surface area contributed by atoms with Crippen LogP contribution < -0.4 is 0 Å². The van der Waals surface area contributed by atoms with Crippen LogP contribution >= 0.6 is 0 Å². The Kier molecular flexibility index (Phi) is 57.2. The smallest absolute Gasteiger partial charge is 0.306 e. The van der Waals surface area contributed by atoms with Gasteiger partial charge in [0.05, 0.1) is 0 Å². The Balaban J connectivity index is 4.17. The minimum absolute atomic E-state index is 0.0732. The lowest BCUT2D eigenvalue weighted by Crippen LogP contribution is -2.30. The summed E-state index contributed by atoms with van der Waals surface area (Å²) >= 11 is 0. The van der Waals surface area contributed by atoms with Crippen molar-refractivity contribution in [1.82, 2.24) is 0 Å². The molecular formula is C65H116O6. The molecule has 0 saturated heterocycles. The van der Waals surface area contributed by atoms with E-state index in [0.717, 1.165) is 96.3 Å². The molecule has 0 aliphatic carbocycles. The third-order valence-electron chi connectivity index (χ3n) is 13.5. The zero-order chi connectivity index (χ0) is 51.4. The molecule has 1 atom stereocenters. The van der Waals surface area contributed by atoms with Crippen molar-refractivity contribution in [1.29, 1.82) is 0 Å². The standard InChI is InChI=1S/C65H116O6/c1-4-7-10-13-16-19-22-24-26-28-29-30-31-32-33-34-35-36-37-38-40-41-43-46-49-52-55-58-64(67)70-61-62(60-69-63(66)57-54-51-48-45-21-18-15-12-9-6-3)71-65(68)59-56-53-50-47-44-42-39-27-25-23-20-17-14-11-8-5-2/h7,10,12,15-16,19,24,26,29-30,62H,4-6,8-9,11,13-14,17-18,20-23,25,27-28,31-61H2,1-3H3/b10-7-,15-12-,19-16-,26-24-,30-29-. The van der Waals surface area contributed by atoms with Gasteiger partial charge in [-0.3, -0.25) is 14.4 Å². The number of allylic oxidation sites excluding steroid dienone is 10. The van der Waals surface area contributed by atoms with Gasteiger partial charge >= 0.3 is 17.9 Å². The van der Waals surface area contributed by atoms with Gasteiger partial charge in [-0.15, -0.1) is 0 Å². The molecule has 0 amide bonds. The second-order valence-electron chi connectivity index (χ2n) is 20.6. The Hall–Kier alpha value is -2.89. The summed E-state index contributed by atoms with van der Waals surface area (Å²) in [4.78, 5) is 38.1. The van der Waals surface area contributed by atoms with Crippen molar-refractivity contribution in [2.75, 3.05) is 13.2 Å². The maximum absolute atomic E-state index is 12.9. The number of rotatable bonds is 56. The number of ether oxygens (including phenoxy) is 3. The Bertz CT molecular complexity index is 1280. The Morgan fingerprint density at radius 1 is 0.296 bits per heavy atom. The van der Waals surface area contributed by atoms with Crippen LogP contribution in [0.2, 0.25) is 0 Å². The molecule has 1 unspecified atom stereocenters. The molecule has 6 nitrogen and oxygen atoms in total. The van der Waals surface area contributed by atoms with E-state index in [1.54, 1.807) is 0 Å². The summed E-state index contributed by atoms with van der Waals surface area (Å²) in [5.74, 6) is -0.869. The average Bonchev–Trinajstić information content (AvgIpc) is 3.37. The average molecular weight is 994 g/mol. The van der Waals surface area contributed by atoms with Gasteiger partial charge in [0.25, 0.3) is 0 Å². The first kappa shape index (κ1) is 68.1. The van der Waals surface area contributed by atoms with E-state index in [1.165, 1.54) is 180 Å². The van der Waals surface area contributed by atoms with Gasteiger partial charge < -0.3 is 14.2 Å². The molecule has 0 aromatic carbocycles. The van der Waals surface area contributed by atoms with Crippen molar-refractivity contribution in [3.8, 4) is 0 Å². The van der Waals surface area contributed by atoms with Crippen molar-refractivity contribution in [3.05, 3.63) is 60.8 Å². The first-order chi connectivity index (χ1) is 35.0. The molecule has 0 spiro atoms. The summed E-state index contributed by atoms with van der Waals surface area (Å²) in [6.45, 7) is 6.50. The Morgan fingerprint density at radius 3 is 0.930 bits per heavy atom. The van der Waals surface area contributed by atoms with Gasteiger partial charge in [-0.2, -0.15) is 0 Å². The minimum atomic E-state index is -0.774. The van der Waals surface area contributed by atoms with Gasteiger partial charge in [0.15, 0.2) is 6.10 Å². The highest BCUT2D eigenvalue weighted by molar-refractivity contribution is 5.71. The van der Waals surface area contributed by atoms with Gasteiger partial charge in [0.2, 0.25) is 0 Å². The topological polar surface area (TPSA) is 78.9 Å². The zero-order valence-electron chi connectivity index (χ0n) is 47.2. The predicted octanol–water partition coefficient (Wildman–Crippen LogP) is 20.8. The van der Waals surface area contributed by atoms with Crippen LogP contribution in [0.25, 0.3) is 0 Å². The van der Waals surface area contributed by atoms with Crippen molar-refractivity contribution < 1.29 is 28.6 Å². The molecule has 0 aromatic rings. The van der Waals surface area contributed by atoms with E-state index < -0.39 is 6.10 Å². The fraction of sp³-hybridized carbons (Fsp3) is 0.800. The maximum Gasteiger partial charge on any atom is 0.306 e. The van der Waals surface area contributed by atoms with E-state index in [4.69, 9.17) is 14.2 Å². The van der Waals surface area contributed by atoms with Crippen LogP contribution in [0.4, 0.5) is 0 Å². The van der Waals surface area contributed by atoms with E-state index >= 15 is 0 Å². The van der Waals surface area contributed by atoms with Gasteiger partial charge in [-0.1, -0.05) is 281 Å². The first-order valence-electron chi connectivity index (χ1n) is 30.8. The molecule has 0 radical (unpaired) electrons. The third kappa shape index (κ3) is 57.9. The summed E-state index contributed by atoms with van der Waals surface area (Å²) in [7, 11) is 0. The molecule has 71 heavy (non-hydrogen) atoms. The minimum Gasteiger partial charge on any atom is -0.462 e. The van der Waals surface area contributed by atoms with Crippen LogP contribution in [0.1, 0.15) is 316 Å². The van der Waals surface area contributed by atoms with Crippen molar-refractivity contribution in [2.45, 2.75) is 322 Å². The molecule has 0 rings (SSSR count). The molecule has 0 fully saturated rings. The van der Waals surface area contributed by atoms with Gasteiger partial charge in [0.1, 0.15) is 13.2 Å². The molecule has 6 heteroatoms. The molecule has 0 aliphatic heterocycles. The zero-order valence-corrected chi connectivity index (χ0v) is 47.2. The van der Waals surface area contributed by atoms with E-state index in [-0.39, 0.29) is 31.1 Å². The molecule has 0 saturated carbocycles. The molecule has 0 heterocycles. The van der Waals surface area contributed by atoms with Crippen LogP contribution in [0.15, 0.2) is 60.8 Å². The quantitative estimate of drug-likeness (QED) is 0.0261. The maximum atomic E-state index is 12.9. The van der Waals surface area contributed by atoms with Crippen LogP contribution in [-0.2, 0) is 28.6 Å². The number of unbranched alkanes of at least 4 members (excludes halogenated alkanes) is 35. The Labute approximate surface area is 440 Å². The normalized spacial score (nSPS) is 12.4. The lowest BCUT2D eigenvalue weighted by molar-refractivity contribution is -0.167. The van der Waals surface area contributed by atoms with Crippen molar-refractivity contribution >= 4 is 17.9 Å². The molecule has 0 aromatic heterocycles. The highest BCUT2D eigenvalue weighted by Gasteiger charge is 2.19. The second kappa shape index (κ2) is 59.7. The lowest BCUT2D eigenvalue weighted by Gasteiger charge is -2.18.